The van der Waals surface area contributed by atoms with Crippen molar-refractivity contribution in [3.05, 3.63) is 0 Å². The zero-order chi connectivity index (χ0) is 14.9. The summed E-state index contributed by atoms with van der Waals surface area (Å²) >= 11 is 4.36. The van der Waals surface area contributed by atoms with E-state index < -0.39 is 5.60 Å². The number of hydrogen-bond donors (Lipinski definition) is 1. The minimum atomic E-state index is -0.482. The molecule has 2 atom stereocenters. The van der Waals surface area contributed by atoms with E-state index in [1.807, 2.05) is 25.7 Å². The van der Waals surface area contributed by atoms with Gasteiger partial charge in [-0.25, -0.2) is 4.79 Å². The summed E-state index contributed by atoms with van der Waals surface area (Å²) in [4.78, 5) is 27.6. The first kappa shape index (κ1) is 15.5. The molecule has 6 heteroatoms. The Morgan fingerprint density at radius 3 is 2.70 bits per heavy atom. The van der Waals surface area contributed by atoms with Gasteiger partial charge in [0.2, 0.25) is 5.91 Å². The van der Waals surface area contributed by atoms with Crippen LogP contribution in [-0.2, 0) is 9.53 Å². The molecular formula is C14H24N2O3S. The van der Waals surface area contributed by atoms with Crippen LogP contribution in [0.25, 0.3) is 0 Å². The summed E-state index contributed by atoms with van der Waals surface area (Å²) in [5, 5.41) is 0.124. The van der Waals surface area contributed by atoms with E-state index in [0.29, 0.717) is 26.1 Å². The van der Waals surface area contributed by atoms with Crippen molar-refractivity contribution in [3.63, 3.8) is 0 Å². The Kier molecular flexibility index (Phi) is 4.52. The molecule has 2 saturated heterocycles. The van der Waals surface area contributed by atoms with Crippen molar-refractivity contribution in [1.82, 2.24) is 9.80 Å². The Labute approximate surface area is 126 Å². The van der Waals surface area contributed by atoms with Crippen LogP contribution in [0.3, 0.4) is 0 Å². The maximum absolute atomic E-state index is 12.2. The fourth-order valence-corrected chi connectivity index (χ4v) is 3.12. The molecule has 20 heavy (non-hydrogen) atoms. The Bertz CT molecular complexity index is 394. The third kappa shape index (κ3) is 3.81. The fraction of sp³-hybridized carbons (Fsp3) is 0.857. The SMILES string of the molecule is CC(C)(C)OC(=O)N1CCC[C@@H]1CN1CC(S)CC1=O. The zero-order valence-electron chi connectivity index (χ0n) is 12.5. The first-order valence-electron chi connectivity index (χ1n) is 7.22. The quantitative estimate of drug-likeness (QED) is 0.793. The number of ether oxygens (including phenoxy) is 1. The molecule has 114 valence electrons. The van der Waals surface area contributed by atoms with E-state index in [2.05, 4.69) is 12.6 Å². The summed E-state index contributed by atoms with van der Waals surface area (Å²) in [6.45, 7) is 7.60. The third-order valence-corrected chi connectivity index (χ3v) is 3.98. The first-order valence-corrected chi connectivity index (χ1v) is 7.73. The predicted octanol–water partition coefficient (Wildman–Crippen LogP) is 1.92. The topological polar surface area (TPSA) is 49.9 Å². The Hall–Kier alpha value is -0.910. The average molecular weight is 300 g/mol. The lowest BCUT2D eigenvalue weighted by molar-refractivity contribution is -0.128. The maximum atomic E-state index is 12.2. The molecule has 2 heterocycles. The molecule has 2 aliphatic heterocycles. The summed E-state index contributed by atoms with van der Waals surface area (Å²) in [6.07, 6.45) is 2.13. The number of carbonyl (C=O) groups is 2. The summed E-state index contributed by atoms with van der Waals surface area (Å²) in [6, 6.07) is 0.0763. The van der Waals surface area contributed by atoms with Gasteiger partial charge in [-0.1, -0.05) is 0 Å². The van der Waals surface area contributed by atoms with Crippen LogP contribution in [0.5, 0.6) is 0 Å². The second-order valence-corrected chi connectivity index (χ2v) is 7.36. The molecule has 2 fully saturated rings. The third-order valence-electron chi connectivity index (χ3n) is 3.63. The van der Waals surface area contributed by atoms with Crippen molar-refractivity contribution < 1.29 is 14.3 Å². The van der Waals surface area contributed by atoms with Crippen molar-refractivity contribution in [2.75, 3.05) is 19.6 Å². The lowest BCUT2D eigenvalue weighted by atomic mass is 10.2. The number of amides is 2. The number of nitrogens with zero attached hydrogens (tertiary/aromatic N) is 2. The molecule has 0 bridgehead atoms. The Balaban J connectivity index is 1.94. The summed E-state index contributed by atoms with van der Waals surface area (Å²) < 4.78 is 5.43. The van der Waals surface area contributed by atoms with E-state index in [0.717, 1.165) is 12.8 Å². The first-order chi connectivity index (χ1) is 9.26. The molecule has 0 aromatic carbocycles. The number of likely N-dealkylation sites (tertiary alicyclic amines) is 2. The van der Waals surface area contributed by atoms with E-state index in [9.17, 15) is 9.59 Å². The van der Waals surface area contributed by atoms with E-state index >= 15 is 0 Å². The van der Waals surface area contributed by atoms with Crippen molar-refractivity contribution in [1.29, 1.82) is 0 Å². The fourth-order valence-electron chi connectivity index (χ4n) is 2.77. The number of rotatable bonds is 2. The molecule has 0 aliphatic carbocycles. The smallest absolute Gasteiger partial charge is 0.410 e. The molecule has 0 saturated carbocycles. The van der Waals surface area contributed by atoms with Gasteiger partial charge in [-0.3, -0.25) is 4.79 Å². The van der Waals surface area contributed by atoms with Gasteiger partial charge >= 0.3 is 6.09 Å². The second-order valence-electron chi connectivity index (χ2n) is 6.63. The Morgan fingerprint density at radius 1 is 1.45 bits per heavy atom. The van der Waals surface area contributed by atoms with Gasteiger partial charge in [0.15, 0.2) is 0 Å². The lowest BCUT2D eigenvalue weighted by Crippen LogP contribution is -2.45. The van der Waals surface area contributed by atoms with Crippen molar-refractivity contribution in [2.45, 2.75) is 56.9 Å². The molecular weight excluding hydrogens is 276 g/mol. The molecule has 5 nitrogen and oxygen atoms in total. The highest BCUT2D eigenvalue weighted by Crippen LogP contribution is 2.24. The van der Waals surface area contributed by atoms with E-state index in [1.165, 1.54) is 0 Å². The van der Waals surface area contributed by atoms with Crippen LogP contribution in [0.2, 0.25) is 0 Å². The van der Waals surface area contributed by atoms with Gasteiger partial charge in [-0.05, 0) is 33.6 Å². The van der Waals surface area contributed by atoms with Crippen LogP contribution in [0, 0.1) is 0 Å². The minimum absolute atomic E-state index is 0.0763. The van der Waals surface area contributed by atoms with Crippen LogP contribution in [-0.4, -0.2) is 58.3 Å². The molecule has 0 spiro atoms. The standard InChI is InChI=1S/C14H24N2O3S/c1-14(2,3)19-13(18)16-6-4-5-10(16)8-15-9-11(20)7-12(15)17/h10-11,20H,4-9H2,1-3H3/t10-,11?/m1/s1. The summed E-state index contributed by atoms with van der Waals surface area (Å²) in [5.74, 6) is 0.140. The molecule has 0 radical (unpaired) electrons. The molecule has 2 aliphatic rings. The maximum Gasteiger partial charge on any atom is 0.410 e. The normalized spacial score (nSPS) is 27.3. The second kappa shape index (κ2) is 5.84. The predicted molar refractivity (Wildman–Crippen MR) is 79.9 cm³/mol. The molecule has 0 aromatic heterocycles. The minimum Gasteiger partial charge on any atom is -0.444 e. The number of thiol groups is 1. The zero-order valence-corrected chi connectivity index (χ0v) is 13.4. The molecule has 0 N–H and O–H groups in total. The number of hydrogen-bond acceptors (Lipinski definition) is 4. The summed E-state index contributed by atoms with van der Waals surface area (Å²) in [5.41, 5.74) is -0.482. The van der Waals surface area contributed by atoms with Crippen LogP contribution in [0.1, 0.15) is 40.0 Å². The molecule has 2 rings (SSSR count). The van der Waals surface area contributed by atoms with E-state index in [1.54, 1.807) is 4.90 Å². The number of carbonyl (C=O) groups excluding carboxylic acids is 2. The summed E-state index contributed by atoms with van der Waals surface area (Å²) in [7, 11) is 0. The molecule has 2 amide bonds. The van der Waals surface area contributed by atoms with Crippen molar-refractivity contribution in [2.24, 2.45) is 0 Å². The van der Waals surface area contributed by atoms with Crippen LogP contribution >= 0.6 is 12.6 Å². The Morgan fingerprint density at radius 2 is 2.15 bits per heavy atom. The highest BCUT2D eigenvalue weighted by molar-refractivity contribution is 7.81. The largest absolute Gasteiger partial charge is 0.444 e. The van der Waals surface area contributed by atoms with Gasteiger partial charge in [0.25, 0.3) is 0 Å². The highest BCUT2D eigenvalue weighted by atomic mass is 32.1. The highest BCUT2D eigenvalue weighted by Gasteiger charge is 2.36. The van der Waals surface area contributed by atoms with Gasteiger partial charge in [0, 0.05) is 31.3 Å². The van der Waals surface area contributed by atoms with Gasteiger partial charge in [-0.15, -0.1) is 0 Å². The van der Waals surface area contributed by atoms with Crippen molar-refractivity contribution >= 4 is 24.6 Å². The average Bonchev–Trinajstić information content (AvgIpc) is 2.84. The molecule has 0 aromatic rings. The lowest BCUT2D eigenvalue weighted by Gasteiger charge is -2.30. The van der Waals surface area contributed by atoms with Gasteiger partial charge in [0.05, 0.1) is 6.04 Å². The monoisotopic (exact) mass is 300 g/mol. The van der Waals surface area contributed by atoms with Gasteiger partial charge < -0.3 is 14.5 Å². The van der Waals surface area contributed by atoms with Gasteiger partial charge in [0.1, 0.15) is 5.60 Å². The van der Waals surface area contributed by atoms with Crippen LogP contribution in [0.15, 0.2) is 0 Å². The van der Waals surface area contributed by atoms with Crippen molar-refractivity contribution in [3.8, 4) is 0 Å². The van der Waals surface area contributed by atoms with Crippen LogP contribution in [0.4, 0.5) is 4.79 Å². The molecule has 1 unspecified atom stereocenters. The van der Waals surface area contributed by atoms with Gasteiger partial charge in [-0.2, -0.15) is 12.6 Å². The van der Waals surface area contributed by atoms with E-state index in [4.69, 9.17) is 4.74 Å². The van der Waals surface area contributed by atoms with E-state index in [-0.39, 0.29) is 23.3 Å². The van der Waals surface area contributed by atoms with Crippen LogP contribution < -0.4 is 0 Å².